The molecule has 0 fully saturated rings. The average molecular weight is 261 g/mol. The van der Waals surface area contributed by atoms with Gasteiger partial charge in [-0.2, -0.15) is 4.37 Å². The molecule has 1 aliphatic heterocycles. The molecular weight excluding hydrogens is 242 g/mol. The highest BCUT2D eigenvalue weighted by Crippen LogP contribution is 2.35. The Kier molecular flexibility index (Phi) is 2.68. The molecule has 0 saturated heterocycles. The van der Waals surface area contributed by atoms with E-state index in [1.807, 2.05) is 0 Å². The number of nitrogens with one attached hydrogen (secondary N) is 1. The third kappa shape index (κ3) is 1.75. The Labute approximate surface area is 112 Å². The largest absolute Gasteiger partial charge is 0.312 e. The van der Waals surface area contributed by atoms with Crippen LogP contribution in [0.15, 0.2) is 0 Å². The molecule has 18 heavy (non-hydrogen) atoms. The zero-order valence-corrected chi connectivity index (χ0v) is 12.2. The molecule has 1 N–H and O–H groups in total. The highest BCUT2D eigenvalue weighted by molar-refractivity contribution is 7.13. The first-order valence-electron chi connectivity index (χ1n) is 6.47. The second-order valence-corrected chi connectivity index (χ2v) is 6.79. The molecule has 0 aromatic carbocycles. The molecule has 2 aromatic heterocycles. The lowest BCUT2D eigenvalue weighted by atomic mass is 9.84. The zero-order chi connectivity index (χ0) is 12.9. The van der Waals surface area contributed by atoms with Crippen LogP contribution in [0.5, 0.6) is 0 Å². The van der Waals surface area contributed by atoms with E-state index in [9.17, 15) is 0 Å². The Hall–Kier alpha value is -1.00. The van der Waals surface area contributed by atoms with Gasteiger partial charge in [-0.3, -0.25) is 0 Å². The fraction of sp³-hybridized carbons (Fsp3) is 0.571. The maximum atomic E-state index is 4.90. The van der Waals surface area contributed by atoms with E-state index >= 15 is 0 Å². The summed E-state index contributed by atoms with van der Waals surface area (Å²) in [6, 6.07) is 0. The number of aromatic nitrogens is 2. The molecule has 3 nitrogen and oxygen atoms in total. The lowest BCUT2D eigenvalue weighted by Gasteiger charge is -2.27. The quantitative estimate of drug-likeness (QED) is 0.792. The summed E-state index contributed by atoms with van der Waals surface area (Å²) >= 11 is 1.54. The lowest BCUT2D eigenvalue weighted by molar-refractivity contribution is 0.544. The van der Waals surface area contributed by atoms with Gasteiger partial charge in [-0.05, 0) is 42.5 Å². The standard InChI is InChI=1S/C14H19N3S/c1-8-11-9-5-6-15-7-10(9)12(14(2,3)4)16-13(11)18-17-8/h15H,5-7H2,1-4H3. The van der Waals surface area contributed by atoms with E-state index in [2.05, 4.69) is 37.4 Å². The molecule has 0 radical (unpaired) electrons. The van der Waals surface area contributed by atoms with Crippen molar-refractivity contribution in [3.8, 4) is 0 Å². The SMILES string of the molecule is Cc1nsc2nc(C(C)(C)C)c3c(c12)CCNC3. The lowest BCUT2D eigenvalue weighted by Crippen LogP contribution is -2.28. The minimum Gasteiger partial charge on any atom is -0.312 e. The van der Waals surface area contributed by atoms with Gasteiger partial charge in [0.25, 0.3) is 0 Å². The van der Waals surface area contributed by atoms with Crippen molar-refractivity contribution in [1.82, 2.24) is 14.7 Å². The van der Waals surface area contributed by atoms with Gasteiger partial charge >= 0.3 is 0 Å². The van der Waals surface area contributed by atoms with Gasteiger partial charge in [0.1, 0.15) is 4.83 Å². The molecule has 4 heteroatoms. The van der Waals surface area contributed by atoms with Crippen LogP contribution in [0.1, 0.15) is 43.3 Å². The molecule has 0 unspecified atom stereocenters. The van der Waals surface area contributed by atoms with Crippen molar-refractivity contribution in [1.29, 1.82) is 0 Å². The van der Waals surface area contributed by atoms with Crippen LogP contribution in [-0.4, -0.2) is 15.9 Å². The topological polar surface area (TPSA) is 37.8 Å². The number of rotatable bonds is 0. The van der Waals surface area contributed by atoms with Crippen LogP contribution in [0.2, 0.25) is 0 Å². The molecule has 1 aliphatic rings. The van der Waals surface area contributed by atoms with Gasteiger partial charge in [0.15, 0.2) is 0 Å². The van der Waals surface area contributed by atoms with Crippen LogP contribution >= 0.6 is 11.5 Å². The molecule has 0 aliphatic carbocycles. The van der Waals surface area contributed by atoms with Crippen molar-refractivity contribution < 1.29 is 0 Å². The maximum Gasteiger partial charge on any atom is 0.144 e. The monoisotopic (exact) mass is 261 g/mol. The van der Waals surface area contributed by atoms with Gasteiger partial charge in [-0.15, -0.1) is 0 Å². The van der Waals surface area contributed by atoms with Crippen molar-refractivity contribution >= 4 is 21.7 Å². The number of aryl methyl sites for hydroxylation is 1. The van der Waals surface area contributed by atoms with Gasteiger partial charge in [-0.1, -0.05) is 20.8 Å². The summed E-state index contributed by atoms with van der Waals surface area (Å²) in [5, 5.41) is 4.78. The summed E-state index contributed by atoms with van der Waals surface area (Å²) in [6.07, 6.45) is 1.09. The van der Waals surface area contributed by atoms with Crippen LogP contribution in [0.3, 0.4) is 0 Å². The van der Waals surface area contributed by atoms with Crippen LogP contribution in [0, 0.1) is 6.92 Å². The first-order valence-corrected chi connectivity index (χ1v) is 7.25. The van der Waals surface area contributed by atoms with E-state index in [-0.39, 0.29) is 5.41 Å². The van der Waals surface area contributed by atoms with Crippen molar-refractivity contribution in [2.75, 3.05) is 6.54 Å². The van der Waals surface area contributed by atoms with Crippen LogP contribution < -0.4 is 5.32 Å². The van der Waals surface area contributed by atoms with E-state index < -0.39 is 0 Å². The van der Waals surface area contributed by atoms with Crippen molar-refractivity contribution in [2.24, 2.45) is 0 Å². The Bertz CT molecular complexity index is 608. The summed E-state index contributed by atoms with van der Waals surface area (Å²) in [6.45, 7) is 10.8. The molecule has 0 spiro atoms. The molecule has 0 bridgehead atoms. The summed E-state index contributed by atoms with van der Waals surface area (Å²) in [4.78, 5) is 6.01. The van der Waals surface area contributed by atoms with Crippen molar-refractivity contribution in [3.63, 3.8) is 0 Å². The first-order chi connectivity index (χ1) is 8.48. The summed E-state index contributed by atoms with van der Waals surface area (Å²) in [7, 11) is 0. The molecule has 3 rings (SSSR count). The molecule has 2 aromatic rings. The maximum absolute atomic E-state index is 4.90. The van der Waals surface area contributed by atoms with Crippen LogP contribution in [0.25, 0.3) is 10.2 Å². The van der Waals surface area contributed by atoms with Gasteiger partial charge in [0.2, 0.25) is 0 Å². The Morgan fingerprint density at radius 1 is 1.22 bits per heavy atom. The smallest absolute Gasteiger partial charge is 0.144 e. The molecule has 0 saturated carbocycles. The van der Waals surface area contributed by atoms with E-state index in [0.717, 1.165) is 30.0 Å². The first kappa shape index (κ1) is 12.1. The fourth-order valence-corrected chi connectivity index (χ4v) is 3.57. The molecule has 0 amide bonds. The van der Waals surface area contributed by atoms with Gasteiger partial charge in [-0.25, -0.2) is 4.98 Å². The zero-order valence-electron chi connectivity index (χ0n) is 11.4. The summed E-state index contributed by atoms with van der Waals surface area (Å²) in [5.41, 5.74) is 5.36. The highest BCUT2D eigenvalue weighted by atomic mass is 32.1. The average Bonchev–Trinajstić information content (AvgIpc) is 2.69. The highest BCUT2D eigenvalue weighted by Gasteiger charge is 2.26. The number of nitrogens with zero attached hydrogens (tertiary/aromatic N) is 2. The van der Waals surface area contributed by atoms with Gasteiger partial charge < -0.3 is 5.32 Å². The molecule has 3 heterocycles. The third-order valence-corrected chi connectivity index (χ3v) is 4.41. The van der Waals surface area contributed by atoms with E-state index in [0.29, 0.717) is 0 Å². The molecule has 96 valence electrons. The predicted molar refractivity (Wildman–Crippen MR) is 76.3 cm³/mol. The number of hydrogen-bond acceptors (Lipinski definition) is 4. The summed E-state index contributed by atoms with van der Waals surface area (Å²) < 4.78 is 4.49. The minimum atomic E-state index is 0.0924. The van der Waals surface area contributed by atoms with E-state index in [4.69, 9.17) is 4.98 Å². The number of pyridine rings is 1. The number of fused-ring (bicyclic) bond motifs is 3. The fourth-order valence-electron chi connectivity index (χ4n) is 2.76. The summed E-state index contributed by atoms with van der Waals surface area (Å²) in [5.74, 6) is 0. The Morgan fingerprint density at radius 3 is 2.72 bits per heavy atom. The Morgan fingerprint density at radius 2 is 2.00 bits per heavy atom. The van der Waals surface area contributed by atoms with E-state index in [1.165, 1.54) is 33.7 Å². The Balaban J connectivity index is 2.38. The van der Waals surface area contributed by atoms with Crippen molar-refractivity contribution in [3.05, 3.63) is 22.5 Å². The minimum absolute atomic E-state index is 0.0924. The molecular formula is C14H19N3S. The second-order valence-electron chi connectivity index (χ2n) is 6.04. The van der Waals surface area contributed by atoms with Crippen LogP contribution in [0.4, 0.5) is 0 Å². The van der Waals surface area contributed by atoms with Gasteiger partial charge in [0.05, 0.1) is 11.4 Å². The molecule has 0 atom stereocenters. The second kappa shape index (κ2) is 4.00. The normalized spacial score (nSPS) is 16.0. The number of hydrogen-bond donors (Lipinski definition) is 1. The van der Waals surface area contributed by atoms with Gasteiger partial charge in [0, 0.05) is 17.3 Å². The van der Waals surface area contributed by atoms with E-state index in [1.54, 1.807) is 0 Å². The predicted octanol–water partition coefficient (Wildman–Crippen LogP) is 2.94. The third-order valence-electron chi connectivity index (χ3n) is 3.57. The van der Waals surface area contributed by atoms with Crippen molar-refractivity contribution in [2.45, 2.75) is 46.1 Å². The van der Waals surface area contributed by atoms with Crippen LogP contribution in [-0.2, 0) is 18.4 Å².